The first-order valence-corrected chi connectivity index (χ1v) is 8.65. The Hall–Kier alpha value is -2.72. The van der Waals surface area contributed by atoms with E-state index in [4.69, 9.17) is 5.26 Å². The first-order chi connectivity index (χ1) is 12.2. The molecule has 1 atom stereocenters. The van der Waals surface area contributed by atoms with Crippen molar-refractivity contribution < 1.29 is 4.79 Å². The summed E-state index contributed by atoms with van der Waals surface area (Å²) in [4.78, 5) is 19.3. The predicted molar refractivity (Wildman–Crippen MR) is 92.2 cm³/mol. The summed E-state index contributed by atoms with van der Waals surface area (Å²) in [5.41, 5.74) is 1.39. The number of nitriles is 1. The van der Waals surface area contributed by atoms with Crippen molar-refractivity contribution in [3.05, 3.63) is 35.7 Å². The zero-order valence-corrected chi connectivity index (χ0v) is 14.1. The third-order valence-electron chi connectivity index (χ3n) is 4.86. The molecule has 2 aliphatic rings. The standard InChI is InChI=1S/C18H20N6O/c1-12-11-24(16-7-4-13(9-19)10-20-16)22-17(12)21-18(25)15-3-2-8-23(15)14-5-6-14/h4,7,10-11,14-15H,2-3,5-6,8H2,1H3,(H,21,22,25). The van der Waals surface area contributed by atoms with Gasteiger partial charge < -0.3 is 5.32 Å². The Bertz CT molecular complexity index is 830. The van der Waals surface area contributed by atoms with E-state index in [0.717, 1.165) is 24.9 Å². The predicted octanol–water partition coefficient (Wildman–Crippen LogP) is 2.01. The van der Waals surface area contributed by atoms with Gasteiger partial charge in [-0.1, -0.05) is 0 Å². The van der Waals surface area contributed by atoms with Gasteiger partial charge in [0.05, 0.1) is 11.6 Å². The summed E-state index contributed by atoms with van der Waals surface area (Å²) in [7, 11) is 0. The summed E-state index contributed by atoms with van der Waals surface area (Å²) >= 11 is 0. The highest BCUT2D eigenvalue weighted by atomic mass is 16.2. The van der Waals surface area contributed by atoms with E-state index in [1.165, 1.54) is 19.0 Å². The molecule has 1 N–H and O–H groups in total. The average molecular weight is 336 g/mol. The van der Waals surface area contributed by atoms with Crippen LogP contribution in [0, 0.1) is 18.3 Å². The summed E-state index contributed by atoms with van der Waals surface area (Å²) in [5, 5.41) is 16.3. The summed E-state index contributed by atoms with van der Waals surface area (Å²) in [6, 6.07) is 6.04. The van der Waals surface area contributed by atoms with E-state index in [2.05, 4.69) is 20.3 Å². The summed E-state index contributed by atoms with van der Waals surface area (Å²) in [5.74, 6) is 1.22. The molecule has 2 aromatic rings. The fraction of sp³-hybridized carbons (Fsp3) is 0.444. The van der Waals surface area contributed by atoms with E-state index in [1.807, 2.05) is 19.2 Å². The summed E-state index contributed by atoms with van der Waals surface area (Å²) < 4.78 is 1.62. The molecule has 3 heterocycles. The van der Waals surface area contributed by atoms with Crippen LogP contribution in [0.1, 0.15) is 36.8 Å². The third kappa shape index (κ3) is 3.13. The quantitative estimate of drug-likeness (QED) is 0.923. The Balaban J connectivity index is 1.50. The van der Waals surface area contributed by atoms with Crippen LogP contribution in [0.15, 0.2) is 24.5 Å². The summed E-state index contributed by atoms with van der Waals surface area (Å²) in [6.07, 6.45) is 7.76. The molecule has 0 aromatic carbocycles. The number of nitrogens with one attached hydrogen (secondary N) is 1. The molecule has 2 aromatic heterocycles. The van der Waals surface area contributed by atoms with Gasteiger partial charge in [0.15, 0.2) is 11.6 Å². The average Bonchev–Trinajstić information content (AvgIpc) is 3.24. The number of carbonyl (C=O) groups excluding carboxylic acids is 1. The molecular formula is C18H20N6O. The third-order valence-corrected chi connectivity index (χ3v) is 4.86. The maximum absolute atomic E-state index is 12.7. The highest BCUT2D eigenvalue weighted by Crippen LogP contribution is 2.33. The fourth-order valence-electron chi connectivity index (χ4n) is 3.40. The molecule has 1 unspecified atom stereocenters. The van der Waals surface area contributed by atoms with Gasteiger partial charge in [-0.25, -0.2) is 9.67 Å². The molecule has 1 saturated heterocycles. The summed E-state index contributed by atoms with van der Waals surface area (Å²) in [6.45, 7) is 2.93. The first kappa shape index (κ1) is 15.8. The Labute approximate surface area is 146 Å². The molecule has 1 saturated carbocycles. The molecule has 1 aliphatic carbocycles. The largest absolute Gasteiger partial charge is 0.308 e. The van der Waals surface area contributed by atoms with Crippen LogP contribution in [0.5, 0.6) is 0 Å². The molecule has 1 aliphatic heterocycles. The molecule has 0 spiro atoms. The highest BCUT2D eigenvalue weighted by molar-refractivity contribution is 5.94. The van der Waals surface area contributed by atoms with Crippen molar-refractivity contribution in [3.8, 4) is 11.9 Å². The SMILES string of the molecule is Cc1cn(-c2ccc(C#N)cn2)nc1NC(=O)C1CCCN1C1CC1. The van der Waals surface area contributed by atoms with Gasteiger partial charge in [-0.15, -0.1) is 5.10 Å². The van der Waals surface area contributed by atoms with Crippen molar-refractivity contribution in [3.63, 3.8) is 0 Å². The van der Waals surface area contributed by atoms with E-state index in [-0.39, 0.29) is 11.9 Å². The molecule has 4 rings (SSSR count). The maximum atomic E-state index is 12.7. The van der Waals surface area contributed by atoms with Crippen LogP contribution < -0.4 is 5.32 Å². The number of nitrogens with zero attached hydrogens (tertiary/aromatic N) is 5. The van der Waals surface area contributed by atoms with Gasteiger partial charge in [-0.05, 0) is 51.3 Å². The van der Waals surface area contributed by atoms with Gasteiger partial charge in [0.1, 0.15) is 6.07 Å². The number of hydrogen-bond donors (Lipinski definition) is 1. The molecule has 7 heteroatoms. The monoisotopic (exact) mass is 336 g/mol. The molecule has 1 amide bonds. The van der Waals surface area contributed by atoms with Crippen LogP contribution in [-0.2, 0) is 4.79 Å². The molecule has 0 radical (unpaired) electrons. The van der Waals surface area contributed by atoms with Crippen molar-refractivity contribution in [2.45, 2.75) is 44.7 Å². The highest BCUT2D eigenvalue weighted by Gasteiger charge is 2.40. The van der Waals surface area contributed by atoms with Gasteiger partial charge in [0, 0.05) is 24.0 Å². The van der Waals surface area contributed by atoms with E-state index < -0.39 is 0 Å². The fourth-order valence-corrected chi connectivity index (χ4v) is 3.40. The van der Waals surface area contributed by atoms with Gasteiger partial charge in [-0.3, -0.25) is 9.69 Å². The molecule has 0 bridgehead atoms. The van der Waals surface area contributed by atoms with Crippen LogP contribution in [0.4, 0.5) is 5.82 Å². The second-order valence-electron chi connectivity index (χ2n) is 6.74. The number of carbonyl (C=O) groups is 1. The second kappa shape index (κ2) is 6.30. The van der Waals surface area contributed by atoms with Crippen molar-refractivity contribution in [2.24, 2.45) is 0 Å². The van der Waals surface area contributed by atoms with Crippen molar-refractivity contribution in [1.82, 2.24) is 19.7 Å². The van der Waals surface area contributed by atoms with E-state index >= 15 is 0 Å². The van der Waals surface area contributed by atoms with E-state index in [1.54, 1.807) is 16.8 Å². The topological polar surface area (TPSA) is 86.8 Å². The van der Waals surface area contributed by atoms with Crippen LogP contribution in [0.25, 0.3) is 5.82 Å². The molecule has 2 fully saturated rings. The Kier molecular flexibility index (Phi) is 3.98. The van der Waals surface area contributed by atoms with Crippen LogP contribution >= 0.6 is 0 Å². The maximum Gasteiger partial charge on any atom is 0.242 e. The molecule has 7 nitrogen and oxygen atoms in total. The van der Waals surface area contributed by atoms with Crippen LogP contribution in [0.2, 0.25) is 0 Å². The van der Waals surface area contributed by atoms with Gasteiger partial charge in [-0.2, -0.15) is 5.26 Å². The van der Waals surface area contributed by atoms with Gasteiger partial charge in [0.2, 0.25) is 5.91 Å². The lowest BCUT2D eigenvalue weighted by Gasteiger charge is -2.22. The second-order valence-corrected chi connectivity index (χ2v) is 6.74. The van der Waals surface area contributed by atoms with Gasteiger partial charge in [0.25, 0.3) is 0 Å². The minimum Gasteiger partial charge on any atom is -0.308 e. The number of anilines is 1. The van der Waals surface area contributed by atoms with Gasteiger partial charge >= 0.3 is 0 Å². The number of aryl methyl sites for hydroxylation is 1. The van der Waals surface area contributed by atoms with Crippen molar-refractivity contribution in [1.29, 1.82) is 5.26 Å². The zero-order chi connectivity index (χ0) is 17.4. The Morgan fingerprint density at radius 2 is 2.20 bits per heavy atom. The lowest BCUT2D eigenvalue weighted by atomic mass is 10.2. The lowest BCUT2D eigenvalue weighted by Crippen LogP contribution is -2.41. The van der Waals surface area contributed by atoms with Crippen molar-refractivity contribution in [2.75, 3.05) is 11.9 Å². The minimum atomic E-state index is -0.0370. The number of rotatable bonds is 4. The number of pyridine rings is 1. The van der Waals surface area contributed by atoms with Crippen LogP contribution in [-0.4, -0.2) is 44.2 Å². The number of aromatic nitrogens is 3. The Morgan fingerprint density at radius 1 is 1.36 bits per heavy atom. The zero-order valence-electron chi connectivity index (χ0n) is 14.1. The first-order valence-electron chi connectivity index (χ1n) is 8.65. The van der Waals surface area contributed by atoms with Crippen molar-refractivity contribution >= 4 is 11.7 Å². The number of amides is 1. The van der Waals surface area contributed by atoms with Crippen LogP contribution in [0.3, 0.4) is 0 Å². The van der Waals surface area contributed by atoms with E-state index in [9.17, 15) is 4.79 Å². The minimum absolute atomic E-state index is 0.0329. The molecule has 25 heavy (non-hydrogen) atoms. The molecule has 128 valence electrons. The lowest BCUT2D eigenvalue weighted by molar-refractivity contribution is -0.120. The molecular weight excluding hydrogens is 316 g/mol. The number of hydrogen-bond acceptors (Lipinski definition) is 5. The number of likely N-dealkylation sites (tertiary alicyclic amines) is 1. The normalized spacial score (nSPS) is 20.4. The Morgan fingerprint density at radius 3 is 2.88 bits per heavy atom. The smallest absolute Gasteiger partial charge is 0.242 e. The van der Waals surface area contributed by atoms with E-state index in [0.29, 0.717) is 23.2 Å².